The second-order valence-electron chi connectivity index (χ2n) is 12.3. The maximum absolute atomic E-state index is 14.0. The van der Waals surface area contributed by atoms with Crippen LogP contribution in [0.3, 0.4) is 0 Å². The highest BCUT2D eigenvalue weighted by atomic mass is 16.5. The summed E-state index contributed by atoms with van der Waals surface area (Å²) in [6, 6.07) is 13.6. The molecule has 2 aliphatic rings. The Morgan fingerprint density at radius 3 is 2.46 bits per heavy atom. The lowest BCUT2D eigenvalue weighted by atomic mass is 9.75. The van der Waals surface area contributed by atoms with E-state index in [1.54, 1.807) is 7.11 Å². The molecule has 2 unspecified atom stereocenters. The van der Waals surface area contributed by atoms with Crippen molar-refractivity contribution in [3.63, 3.8) is 0 Å². The van der Waals surface area contributed by atoms with Crippen LogP contribution in [0.4, 0.5) is 11.4 Å². The minimum absolute atomic E-state index is 0.0724. The fourth-order valence-corrected chi connectivity index (χ4v) is 6.70. The number of aromatic nitrogens is 3. The number of carbonyl (C=O) groups is 1. The standard InChI is InChI=1S/C36H44N6O4/c1-9-41(17-18-45-10-2)27-14-12-26(13-15-27)38-35-31(37-7)30(36(43)46-32-24(5)19-23(4)20-25(32)6)34-39-33(40-42(34)35)28-21-22(3)11-16-29(28)44-8/h11-16,21,23-25,32H,9-10,17-20H2,1-6,8H3. The van der Waals surface area contributed by atoms with Crippen LogP contribution in [-0.4, -0.2) is 66.1 Å². The van der Waals surface area contributed by atoms with Gasteiger partial charge in [-0.25, -0.2) is 24.3 Å². The van der Waals surface area contributed by atoms with Gasteiger partial charge in [0, 0.05) is 25.4 Å². The van der Waals surface area contributed by atoms with Gasteiger partial charge in [0.15, 0.2) is 17.5 Å². The van der Waals surface area contributed by atoms with E-state index in [1.165, 1.54) is 4.68 Å². The Labute approximate surface area is 271 Å². The van der Waals surface area contributed by atoms with Crippen LogP contribution in [0.5, 0.6) is 5.75 Å². The van der Waals surface area contributed by atoms with Gasteiger partial charge >= 0.3 is 5.97 Å². The third-order valence-electron chi connectivity index (χ3n) is 8.85. The molecule has 1 fully saturated rings. The molecule has 10 nitrogen and oxygen atoms in total. The molecule has 0 radical (unpaired) electrons. The summed E-state index contributed by atoms with van der Waals surface area (Å²) >= 11 is 0. The van der Waals surface area contributed by atoms with E-state index in [0.29, 0.717) is 42.0 Å². The Morgan fingerprint density at radius 2 is 1.83 bits per heavy atom. The maximum atomic E-state index is 14.0. The van der Waals surface area contributed by atoms with Crippen LogP contribution in [-0.2, 0) is 14.3 Å². The molecule has 0 N–H and O–H groups in total. The number of hydrogen-bond acceptors (Lipinski definition) is 8. The first kappa shape index (κ1) is 32.9. The molecule has 0 saturated heterocycles. The number of allylic oxidation sites excluding steroid dienone is 1. The number of ether oxygens (including phenoxy) is 3. The van der Waals surface area contributed by atoms with Crippen LogP contribution in [0.1, 0.15) is 58.8 Å². The van der Waals surface area contributed by atoms with E-state index >= 15 is 0 Å². The lowest BCUT2D eigenvalue weighted by molar-refractivity contribution is -0.150. The first-order valence-corrected chi connectivity index (χ1v) is 16.2. The van der Waals surface area contributed by atoms with Crippen molar-refractivity contribution in [2.75, 3.05) is 38.3 Å². The molecule has 1 aliphatic carbocycles. The van der Waals surface area contributed by atoms with Gasteiger partial charge in [-0.3, -0.25) is 0 Å². The van der Waals surface area contributed by atoms with Gasteiger partial charge in [0.2, 0.25) is 5.70 Å². The van der Waals surface area contributed by atoms with Gasteiger partial charge < -0.3 is 19.1 Å². The van der Waals surface area contributed by atoms with Gasteiger partial charge in [-0.1, -0.05) is 32.4 Å². The van der Waals surface area contributed by atoms with Crippen molar-refractivity contribution in [2.24, 2.45) is 22.7 Å². The lowest BCUT2D eigenvalue weighted by Gasteiger charge is -2.37. The molecule has 3 aromatic rings. The summed E-state index contributed by atoms with van der Waals surface area (Å²) < 4.78 is 18.8. The van der Waals surface area contributed by atoms with Crippen molar-refractivity contribution < 1.29 is 19.0 Å². The fraction of sp³-hybridized carbons (Fsp3) is 0.472. The molecule has 1 saturated carbocycles. The number of rotatable bonds is 11. The summed E-state index contributed by atoms with van der Waals surface area (Å²) in [4.78, 5) is 29.7. The highest BCUT2D eigenvalue weighted by Crippen LogP contribution is 2.39. The van der Waals surface area contributed by atoms with Crippen LogP contribution >= 0.6 is 0 Å². The van der Waals surface area contributed by atoms with Crippen LogP contribution in [0, 0.1) is 31.2 Å². The average Bonchev–Trinajstić information content (AvgIpc) is 3.59. The van der Waals surface area contributed by atoms with E-state index in [0.717, 1.165) is 37.2 Å². The summed E-state index contributed by atoms with van der Waals surface area (Å²) in [5, 5.41) is 4.79. The first-order chi connectivity index (χ1) is 22.2. The highest BCUT2D eigenvalue weighted by Gasteiger charge is 2.41. The quantitative estimate of drug-likeness (QED) is 0.129. The number of methoxy groups -OCH3 is 1. The van der Waals surface area contributed by atoms with Crippen molar-refractivity contribution in [1.82, 2.24) is 14.8 Å². The summed E-state index contributed by atoms with van der Waals surface area (Å²) in [7, 11) is 1.60. The van der Waals surface area contributed by atoms with Gasteiger partial charge in [-0.15, -0.1) is 5.10 Å². The number of hydrogen-bond donors (Lipinski definition) is 0. The number of anilines is 1. The second-order valence-corrected chi connectivity index (χ2v) is 12.3. The number of carbonyl (C=O) groups excluding carboxylic acids is 1. The molecule has 0 bridgehead atoms. The molecule has 5 rings (SSSR count). The van der Waals surface area contributed by atoms with Crippen molar-refractivity contribution >= 4 is 28.8 Å². The zero-order valence-electron chi connectivity index (χ0n) is 27.9. The Kier molecular flexibility index (Phi) is 10.2. The molecular weight excluding hydrogens is 580 g/mol. The number of benzene rings is 2. The van der Waals surface area contributed by atoms with Crippen molar-refractivity contribution in [2.45, 2.75) is 60.5 Å². The van der Waals surface area contributed by atoms with Crippen LogP contribution in [0.25, 0.3) is 21.8 Å². The minimum Gasteiger partial charge on any atom is -0.496 e. The zero-order valence-corrected chi connectivity index (χ0v) is 27.9. The zero-order chi connectivity index (χ0) is 33.0. The number of likely N-dealkylation sites (N-methyl/N-ethyl adjacent to an activating group) is 1. The number of fused-ring (bicyclic) bond motifs is 1. The Bertz CT molecular complexity index is 1660. The molecule has 0 spiro atoms. The summed E-state index contributed by atoms with van der Waals surface area (Å²) in [5.74, 6) is 1.84. The average molecular weight is 625 g/mol. The summed E-state index contributed by atoms with van der Waals surface area (Å²) in [5.41, 5.74) is 3.51. The highest BCUT2D eigenvalue weighted by molar-refractivity contribution is 6.29. The fourth-order valence-electron chi connectivity index (χ4n) is 6.70. The largest absolute Gasteiger partial charge is 0.496 e. The summed E-state index contributed by atoms with van der Waals surface area (Å²) in [6.07, 6.45) is 1.71. The number of esters is 1. The van der Waals surface area contributed by atoms with Gasteiger partial charge in [0.05, 0.1) is 31.5 Å². The van der Waals surface area contributed by atoms with E-state index in [-0.39, 0.29) is 40.9 Å². The molecule has 0 amide bonds. The molecule has 2 heterocycles. The third-order valence-corrected chi connectivity index (χ3v) is 8.85. The van der Waals surface area contributed by atoms with Crippen molar-refractivity contribution in [3.8, 4) is 17.1 Å². The number of nitrogens with zero attached hydrogens (tertiary/aromatic N) is 6. The molecule has 46 heavy (non-hydrogen) atoms. The van der Waals surface area contributed by atoms with Gasteiger partial charge in [0.25, 0.3) is 0 Å². The lowest BCUT2D eigenvalue weighted by Crippen LogP contribution is -2.37. The predicted molar refractivity (Wildman–Crippen MR) is 180 cm³/mol. The van der Waals surface area contributed by atoms with E-state index in [9.17, 15) is 4.79 Å². The summed E-state index contributed by atoms with van der Waals surface area (Å²) in [6.45, 7) is 23.6. The van der Waals surface area contributed by atoms with Gasteiger partial charge in [0.1, 0.15) is 17.4 Å². The molecule has 2 atom stereocenters. The van der Waals surface area contributed by atoms with Crippen molar-refractivity contribution in [1.29, 1.82) is 0 Å². The predicted octanol–water partition coefficient (Wildman–Crippen LogP) is 6.96. The minimum atomic E-state index is -0.575. The molecule has 1 aliphatic heterocycles. The van der Waals surface area contributed by atoms with E-state index in [4.69, 9.17) is 35.9 Å². The van der Waals surface area contributed by atoms with Crippen LogP contribution < -0.4 is 9.64 Å². The molecular formula is C36H44N6O4. The van der Waals surface area contributed by atoms with Crippen molar-refractivity contribution in [3.05, 3.63) is 71.0 Å². The smallest absolute Gasteiger partial charge is 0.331 e. The second kappa shape index (κ2) is 14.3. The topological polar surface area (TPSA) is 95.4 Å². The Morgan fingerprint density at radius 1 is 1.11 bits per heavy atom. The Balaban J connectivity index is 1.57. The molecule has 2 aromatic carbocycles. The molecule has 1 aromatic heterocycles. The van der Waals surface area contributed by atoms with Gasteiger partial charge in [-0.2, -0.15) is 0 Å². The van der Waals surface area contributed by atoms with Crippen LogP contribution in [0.15, 0.2) is 53.2 Å². The molecule has 242 valence electrons. The normalized spacial score (nSPS) is 21.7. The maximum Gasteiger partial charge on any atom is 0.331 e. The van der Waals surface area contributed by atoms with E-state index in [2.05, 4.69) is 37.4 Å². The van der Waals surface area contributed by atoms with Crippen LogP contribution in [0.2, 0.25) is 0 Å². The number of aryl methyl sites for hydroxylation is 1. The Hall–Kier alpha value is -4.49. The van der Waals surface area contributed by atoms with Gasteiger partial charge in [-0.05, 0) is 87.8 Å². The molecule has 10 heteroatoms. The monoisotopic (exact) mass is 624 g/mol. The number of aliphatic imine (C=N–C) groups is 1. The first-order valence-electron chi connectivity index (χ1n) is 16.2. The van der Waals surface area contributed by atoms with E-state index < -0.39 is 5.97 Å². The SMILES string of the molecule is [C-]#[N+]C1=C(C(=O)OC2C(C)CC(C)CC2C)c2nc(-c3cc(C)ccc3OC)nn2C1=Nc1ccc(N(CC)CCOCC)cc1. The third kappa shape index (κ3) is 6.70. The van der Waals surface area contributed by atoms with E-state index in [1.807, 2.05) is 56.3 Å².